The molecule has 12 aromatic carbocycles. The van der Waals surface area contributed by atoms with Gasteiger partial charge in [0.1, 0.15) is 0 Å². The first-order valence-corrected chi connectivity index (χ1v) is 24.2. The van der Waals surface area contributed by atoms with Gasteiger partial charge in [-0.1, -0.05) is 255 Å². The topological polar surface area (TPSA) is 3.24 Å². The molecule has 0 atom stereocenters. The van der Waals surface area contributed by atoms with E-state index in [4.69, 9.17) is 0 Å². The summed E-state index contributed by atoms with van der Waals surface area (Å²) in [4.78, 5) is 2.50. The van der Waals surface area contributed by atoms with E-state index in [9.17, 15) is 0 Å². The standard InChI is InChI=1S/C69H47N/c1-3-21-57(22-4-1)69(58-23-5-2-6-24-58)64-29-13-11-27-63(64)68-65(69)30-16-32-67(68)70(59-45-43-50(44-46-59)49-33-38-53(39-34-49)61-28-15-20-52-18-9-10-25-60(52)61)66-31-14-12-26-62(66)54-40-35-51(36-41-54)56-42-37-48-17-7-8-19-55(48)47-56/h1-47H. The molecule has 0 saturated carbocycles. The van der Waals surface area contributed by atoms with Crippen LogP contribution in [-0.2, 0) is 5.41 Å². The lowest BCUT2D eigenvalue weighted by atomic mass is 9.68. The summed E-state index contributed by atoms with van der Waals surface area (Å²) >= 11 is 0. The summed E-state index contributed by atoms with van der Waals surface area (Å²) in [6.07, 6.45) is 0. The summed E-state index contributed by atoms with van der Waals surface area (Å²) in [5.41, 5.74) is 19.8. The molecule has 1 aliphatic carbocycles. The normalized spacial score (nSPS) is 12.4. The quantitative estimate of drug-likeness (QED) is 0.140. The van der Waals surface area contributed by atoms with E-state index in [1.54, 1.807) is 0 Å². The molecular formula is C69H47N. The number of nitrogens with zero attached hydrogens (tertiary/aromatic N) is 1. The molecule has 12 aromatic rings. The SMILES string of the molecule is c1ccc(C2(c3ccccc3)c3ccccc3-c3c(N(c4ccc(-c5ccc(-c6cccc7ccccc67)cc5)cc4)c4ccccc4-c4ccc(-c5ccc6ccccc6c5)cc4)cccc32)cc1. The van der Waals surface area contributed by atoms with Gasteiger partial charge in [0, 0.05) is 16.8 Å². The minimum Gasteiger partial charge on any atom is -0.309 e. The summed E-state index contributed by atoms with van der Waals surface area (Å²) in [5, 5.41) is 5.01. The van der Waals surface area contributed by atoms with Gasteiger partial charge in [0.25, 0.3) is 0 Å². The molecule has 70 heavy (non-hydrogen) atoms. The third-order valence-electron chi connectivity index (χ3n) is 14.6. The van der Waals surface area contributed by atoms with Crippen molar-refractivity contribution < 1.29 is 0 Å². The Balaban J connectivity index is 0.974. The van der Waals surface area contributed by atoms with Crippen LogP contribution in [0.15, 0.2) is 285 Å². The van der Waals surface area contributed by atoms with Crippen molar-refractivity contribution in [2.24, 2.45) is 0 Å². The highest BCUT2D eigenvalue weighted by molar-refractivity contribution is 6.00. The summed E-state index contributed by atoms with van der Waals surface area (Å²) in [6, 6.07) is 105. The van der Waals surface area contributed by atoms with Crippen LogP contribution in [0.2, 0.25) is 0 Å². The largest absolute Gasteiger partial charge is 0.309 e. The molecule has 0 heterocycles. The first kappa shape index (κ1) is 41.2. The zero-order valence-electron chi connectivity index (χ0n) is 38.6. The van der Waals surface area contributed by atoms with Crippen molar-refractivity contribution in [2.45, 2.75) is 5.41 Å². The lowest BCUT2D eigenvalue weighted by molar-refractivity contribution is 0.768. The summed E-state index contributed by atoms with van der Waals surface area (Å²) in [5.74, 6) is 0. The average Bonchev–Trinajstić information content (AvgIpc) is 3.75. The van der Waals surface area contributed by atoms with Crippen LogP contribution in [0.4, 0.5) is 17.1 Å². The highest BCUT2D eigenvalue weighted by Crippen LogP contribution is 2.60. The zero-order chi connectivity index (χ0) is 46.4. The Morgan fingerprint density at radius 2 is 0.714 bits per heavy atom. The van der Waals surface area contributed by atoms with E-state index in [1.165, 1.54) is 88.3 Å². The Morgan fingerprint density at radius 3 is 1.43 bits per heavy atom. The van der Waals surface area contributed by atoms with Crippen LogP contribution in [0.25, 0.3) is 77.2 Å². The molecule has 0 aliphatic heterocycles. The maximum absolute atomic E-state index is 2.50. The predicted molar refractivity (Wildman–Crippen MR) is 295 cm³/mol. The molecule has 1 heteroatoms. The smallest absolute Gasteiger partial charge is 0.0714 e. The number of benzene rings is 12. The van der Waals surface area contributed by atoms with Gasteiger partial charge in [-0.05, 0) is 119 Å². The molecule has 1 aliphatic rings. The number of rotatable bonds is 9. The third kappa shape index (κ3) is 6.86. The first-order chi connectivity index (χ1) is 34.7. The Labute approximate surface area is 409 Å². The molecule has 13 rings (SSSR count). The van der Waals surface area contributed by atoms with E-state index >= 15 is 0 Å². The number of para-hydroxylation sites is 1. The molecule has 0 saturated heterocycles. The van der Waals surface area contributed by atoms with Crippen molar-refractivity contribution >= 4 is 38.6 Å². The van der Waals surface area contributed by atoms with Crippen molar-refractivity contribution in [1.29, 1.82) is 0 Å². The van der Waals surface area contributed by atoms with Crippen LogP contribution in [-0.4, -0.2) is 0 Å². The van der Waals surface area contributed by atoms with Crippen LogP contribution in [0, 0.1) is 0 Å². The summed E-state index contributed by atoms with van der Waals surface area (Å²) < 4.78 is 0. The number of hydrogen-bond donors (Lipinski definition) is 0. The minimum atomic E-state index is -0.531. The van der Waals surface area contributed by atoms with Crippen LogP contribution < -0.4 is 4.90 Å². The van der Waals surface area contributed by atoms with Gasteiger partial charge >= 0.3 is 0 Å². The third-order valence-corrected chi connectivity index (χ3v) is 14.6. The second-order valence-corrected chi connectivity index (χ2v) is 18.4. The molecule has 0 bridgehead atoms. The van der Waals surface area contributed by atoms with Gasteiger partial charge in [-0.3, -0.25) is 0 Å². The Bertz CT molecular complexity index is 3810. The monoisotopic (exact) mass is 889 g/mol. The van der Waals surface area contributed by atoms with Gasteiger partial charge in [0.15, 0.2) is 0 Å². The van der Waals surface area contributed by atoms with Gasteiger partial charge in [-0.15, -0.1) is 0 Å². The van der Waals surface area contributed by atoms with Crippen LogP contribution in [0.5, 0.6) is 0 Å². The van der Waals surface area contributed by atoms with Crippen molar-refractivity contribution in [3.63, 3.8) is 0 Å². The van der Waals surface area contributed by atoms with Crippen LogP contribution in [0.3, 0.4) is 0 Å². The number of anilines is 3. The fourth-order valence-corrected chi connectivity index (χ4v) is 11.3. The average molecular weight is 890 g/mol. The first-order valence-electron chi connectivity index (χ1n) is 24.2. The number of fused-ring (bicyclic) bond motifs is 5. The van der Waals surface area contributed by atoms with Gasteiger partial charge in [0.2, 0.25) is 0 Å². The minimum absolute atomic E-state index is 0.531. The van der Waals surface area contributed by atoms with Gasteiger partial charge < -0.3 is 4.90 Å². The highest BCUT2D eigenvalue weighted by Gasteiger charge is 2.47. The van der Waals surface area contributed by atoms with Crippen molar-refractivity contribution in [1.82, 2.24) is 0 Å². The molecule has 0 spiro atoms. The summed E-state index contributed by atoms with van der Waals surface area (Å²) in [6.45, 7) is 0. The molecule has 328 valence electrons. The Morgan fingerprint density at radius 1 is 0.257 bits per heavy atom. The van der Waals surface area contributed by atoms with E-state index in [0.29, 0.717) is 0 Å². The second kappa shape index (κ2) is 17.2. The Hall–Kier alpha value is -9.04. The van der Waals surface area contributed by atoms with Crippen LogP contribution in [0.1, 0.15) is 22.3 Å². The molecule has 0 radical (unpaired) electrons. The maximum Gasteiger partial charge on any atom is 0.0714 e. The molecule has 0 unspecified atom stereocenters. The Kier molecular flexibility index (Phi) is 10.1. The van der Waals surface area contributed by atoms with Crippen LogP contribution >= 0.6 is 0 Å². The van der Waals surface area contributed by atoms with E-state index in [0.717, 1.165) is 28.2 Å². The van der Waals surface area contributed by atoms with E-state index in [-0.39, 0.29) is 0 Å². The molecule has 0 N–H and O–H groups in total. The van der Waals surface area contributed by atoms with Gasteiger partial charge in [-0.25, -0.2) is 0 Å². The van der Waals surface area contributed by atoms with Crippen molar-refractivity contribution in [3.05, 3.63) is 307 Å². The van der Waals surface area contributed by atoms with E-state index < -0.39 is 5.41 Å². The van der Waals surface area contributed by atoms with E-state index in [1.807, 2.05) is 0 Å². The fourth-order valence-electron chi connectivity index (χ4n) is 11.3. The summed E-state index contributed by atoms with van der Waals surface area (Å²) in [7, 11) is 0. The molecule has 0 amide bonds. The van der Waals surface area contributed by atoms with Crippen molar-refractivity contribution in [2.75, 3.05) is 4.90 Å². The van der Waals surface area contributed by atoms with Gasteiger partial charge in [0.05, 0.1) is 16.8 Å². The maximum atomic E-state index is 2.50. The highest BCUT2D eigenvalue weighted by atomic mass is 15.1. The number of hydrogen-bond acceptors (Lipinski definition) is 1. The van der Waals surface area contributed by atoms with Gasteiger partial charge in [-0.2, -0.15) is 0 Å². The molecule has 1 nitrogen and oxygen atoms in total. The fraction of sp³-hybridized carbons (Fsp3) is 0.0145. The van der Waals surface area contributed by atoms with E-state index in [2.05, 4.69) is 290 Å². The second-order valence-electron chi connectivity index (χ2n) is 18.4. The molecule has 0 aromatic heterocycles. The predicted octanol–water partition coefficient (Wildman–Crippen LogP) is 18.5. The molecular weight excluding hydrogens is 843 g/mol. The lowest BCUT2D eigenvalue weighted by Gasteiger charge is -2.34. The molecule has 0 fully saturated rings. The zero-order valence-corrected chi connectivity index (χ0v) is 38.6. The van der Waals surface area contributed by atoms with Crippen molar-refractivity contribution in [3.8, 4) is 55.6 Å². The lowest BCUT2D eigenvalue weighted by Crippen LogP contribution is -2.28.